The predicted molar refractivity (Wildman–Crippen MR) is 77.5 cm³/mol. The third kappa shape index (κ3) is 4.22. The van der Waals surface area contributed by atoms with E-state index >= 15 is 0 Å². The van der Waals surface area contributed by atoms with Crippen molar-refractivity contribution in [1.82, 2.24) is 0 Å². The van der Waals surface area contributed by atoms with Gasteiger partial charge in [0.25, 0.3) is 0 Å². The molecule has 3 heteroatoms. The molecule has 3 atom stereocenters. The molecule has 0 amide bonds. The second kappa shape index (κ2) is 6.92. The minimum absolute atomic E-state index is 0.201. The Kier molecular flexibility index (Phi) is 5.23. The first-order valence-corrected chi connectivity index (χ1v) is 7.30. The number of para-hydroxylation sites is 1. The molecule has 0 radical (unpaired) electrons. The Bertz CT molecular complexity index is 394. The fraction of sp³-hybridized carbons (Fsp3) is 0.625. The molecule has 1 aromatic carbocycles. The second-order valence-electron chi connectivity index (χ2n) is 5.44. The molecule has 2 rings (SSSR count). The van der Waals surface area contributed by atoms with Crippen LogP contribution in [0.15, 0.2) is 24.3 Å². The zero-order chi connectivity index (χ0) is 13.7. The van der Waals surface area contributed by atoms with E-state index in [0.717, 1.165) is 31.4 Å². The molecular formula is C16H25NO2. The van der Waals surface area contributed by atoms with Crippen molar-refractivity contribution in [2.24, 2.45) is 5.73 Å². The summed E-state index contributed by atoms with van der Waals surface area (Å²) in [6.45, 7) is 4.87. The molecule has 0 aromatic heterocycles. The molecule has 1 heterocycles. The summed E-state index contributed by atoms with van der Waals surface area (Å²) >= 11 is 0. The van der Waals surface area contributed by atoms with Crippen LogP contribution < -0.4 is 10.5 Å². The normalized spacial score (nSPS) is 24.4. The summed E-state index contributed by atoms with van der Waals surface area (Å²) in [7, 11) is 0. The van der Waals surface area contributed by atoms with Gasteiger partial charge in [-0.15, -0.1) is 0 Å². The SMILES string of the molecule is CCC(N)Cc1ccccc1OCC1CCC(C)O1. The highest BCUT2D eigenvalue weighted by Gasteiger charge is 2.22. The van der Waals surface area contributed by atoms with E-state index in [1.165, 1.54) is 5.56 Å². The van der Waals surface area contributed by atoms with Gasteiger partial charge in [0.05, 0.1) is 12.2 Å². The third-order valence-electron chi connectivity index (χ3n) is 3.72. The van der Waals surface area contributed by atoms with E-state index in [2.05, 4.69) is 19.9 Å². The number of benzene rings is 1. The van der Waals surface area contributed by atoms with Crippen LogP contribution in [0.2, 0.25) is 0 Å². The maximum Gasteiger partial charge on any atom is 0.122 e. The van der Waals surface area contributed by atoms with Crippen LogP contribution in [0.3, 0.4) is 0 Å². The summed E-state index contributed by atoms with van der Waals surface area (Å²) < 4.78 is 11.7. The monoisotopic (exact) mass is 263 g/mol. The zero-order valence-corrected chi connectivity index (χ0v) is 12.0. The Labute approximate surface area is 116 Å². The standard InChI is InChI=1S/C16H25NO2/c1-3-14(17)10-13-6-4-5-7-16(13)18-11-15-9-8-12(2)19-15/h4-7,12,14-15H,3,8-11,17H2,1-2H3. The lowest BCUT2D eigenvalue weighted by Gasteiger charge is -2.17. The van der Waals surface area contributed by atoms with Crippen molar-refractivity contribution in [2.45, 2.75) is 57.8 Å². The molecule has 0 aliphatic carbocycles. The lowest BCUT2D eigenvalue weighted by Crippen LogP contribution is -2.22. The Morgan fingerprint density at radius 1 is 1.37 bits per heavy atom. The van der Waals surface area contributed by atoms with Crippen molar-refractivity contribution in [3.05, 3.63) is 29.8 Å². The molecule has 1 saturated heterocycles. The summed E-state index contributed by atoms with van der Waals surface area (Å²) in [4.78, 5) is 0. The first kappa shape index (κ1) is 14.4. The first-order chi connectivity index (χ1) is 9.19. The quantitative estimate of drug-likeness (QED) is 0.858. The van der Waals surface area contributed by atoms with Crippen LogP contribution in [0, 0.1) is 0 Å². The zero-order valence-electron chi connectivity index (χ0n) is 12.0. The average Bonchev–Trinajstić information content (AvgIpc) is 2.83. The molecule has 3 unspecified atom stereocenters. The van der Waals surface area contributed by atoms with Crippen molar-refractivity contribution in [2.75, 3.05) is 6.61 Å². The highest BCUT2D eigenvalue weighted by Crippen LogP contribution is 2.23. The molecule has 1 aliphatic heterocycles. The van der Waals surface area contributed by atoms with Gasteiger partial charge in [-0.05, 0) is 44.2 Å². The van der Waals surface area contributed by atoms with Gasteiger partial charge in [-0.25, -0.2) is 0 Å². The molecule has 2 N–H and O–H groups in total. The van der Waals surface area contributed by atoms with Crippen molar-refractivity contribution in [3.8, 4) is 5.75 Å². The van der Waals surface area contributed by atoms with Gasteiger partial charge < -0.3 is 15.2 Å². The van der Waals surface area contributed by atoms with E-state index in [1.54, 1.807) is 0 Å². The third-order valence-corrected chi connectivity index (χ3v) is 3.72. The second-order valence-corrected chi connectivity index (χ2v) is 5.44. The molecule has 106 valence electrons. The fourth-order valence-electron chi connectivity index (χ4n) is 2.43. The minimum Gasteiger partial charge on any atom is -0.491 e. The number of rotatable bonds is 6. The highest BCUT2D eigenvalue weighted by atomic mass is 16.5. The lowest BCUT2D eigenvalue weighted by molar-refractivity contribution is 0.0262. The fourth-order valence-corrected chi connectivity index (χ4v) is 2.43. The van der Waals surface area contributed by atoms with Gasteiger partial charge in [-0.3, -0.25) is 0 Å². The van der Waals surface area contributed by atoms with Gasteiger partial charge in [-0.1, -0.05) is 25.1 Å². The maximum atomic E-state index is 6.03. The Hall–Kier alpha value is -1.06. The van der Waals surface area contributed by atoms with Crippen LogP contribution >= 0.6 is 0 Å². The lowest BCUT2D eigenvalue weighted by atomic mass is 10.0. The number of hydrogen-bond donors (Lipinski definition) is 1. The number of hydrogen-bond acceptors (Lipinski definition) is 3. The Balaban J connectivity index is 1.92. The largest absolute Gasteiger partial charge is 0.491 e. The van der Waals surface area contributed by atoms with Crippen LogP contribution in [-0.4, -0.2) is 24.9 Å². The van der Waals surface area contributed by atoms with E-state index in [4.69, 9.17) is 15.2 Å². The van der Waals surface area contributed by atoms with Gasteiger partial charge >= 0.3 is 0 Å². The number of nitrogens with two attached hydrogens (primary N) is 1. The molecule has 1 aromatic rings. The maximum absolute atomic E-state index is 6.03. The smallest absolute Gasteiger partial charge is 0.122 e. The van der Waals surface area contributed by atoms with E-state index in [-0.39, 0.29) is 12.1 Å². The van der Waals surface area contributed by atoms with E-state index in [1.807, 2.05) is 18.2 Å². The molecular weight excluding hydrogens is 238 g/mol. The van der Waals surface area contributed by atoms with Crippen LogP contribution in [0.1, 0.15) is 38.7 Å². The van der Waals surface area contributed by atoms with E-state index < -0.39 is 0 Å². The summed E-state index contributed by atoms with van der Waals surface area (Å²) in [6, 6.07) is 8.37. The molecule has 1 aliphatic rings. The number of ether oxygens (including phenoxy) is 2. The Morgan fingerprint density at radius 2 is 2.16 bits per heavy atom. The molecule has 0 bridgehead atoms. The van der Waals surface area contributed by atoms with Crippen molar-refractivity contribution in [1.29, 1.82) is 0 Å². The summed E-state index contributed by atoms with van der Waals surface area (Å²) in [5.74, 6) is 0.953. The van der Waals surface area contributed by atoms with Crippen molar-refractivity contribution >= 4 is 0 Å². The van der Waals surface area contributed by atoms with Gasteiger partial charge in [0.1, 0.15) is 12.4 Å². The summed E-state index contributed by atoms with van der Waals surface area (Å²) in [5.41, 5.74) is 7.23. The van der Waals surface area contributed by atoms with Crippen LogP contribution in [0.5, 0.6) is 5.75 Å². The Morgan fingerprint density at radius 3 is 2.84 bits per heavy atom. The van der Waals surface area contributed by atoms with Crippen LogP contribution in [0.4, 0.5) is 0 Å². The topological polar surface area (TPSA) is 44.5 Å². The van der Waals surface area contributed by atoms with E-state index in [9.17, 15) is 0 Å². The predicted octanol–water partition coefficient (Wildman–Crippen LogP) is 2.91. The molecule has 19 heavy (non-hydrogen) atoms. The van der Waals surface area contributed by atoms with Gasteiger partial charge in [0.2, 0.25) is 0 Å². The molecule has 0 saturated carbocycles. The molecule has 3 nitrogen and oxygen atoms in total. The van der Waals surface area contributed by atoms with Gasteiger partial charge in [0.15, 0.2) is 0 Å². The van der Waals surface area contributed by atoms with Gasteiger partial charge in [-0.2, -0.15) is 0 Å². The average molecular weight is 263 g/mol. The van der Waals surface area contributed by atoms with Crippen LogP contribution in [-0.2, 0) is 11.2 Å². The molecule has 1 fully saturated rings. The van der Waals surface area contributed by atoms with Crippen molar-refractivity contribution in [3.63, 3.8) is 0 Å². The van der Waals surface area contributed by atoms with Crippen LogP contribution in [0.25, 0.3) is 0 Å². The summed E-state index contributed by atoms with van der Waals surface area (Å²) in [6.07, 6.45) is 4.70. The minimum atomic E-state index is 0.201. The summed E-state index contributed by atoms with van der Waals surface area (Å²) in [5, 5.41) is 0. The van der Waals surface area contributed by atoms with Gasteiger partial charge in [0, 0.05) is 6.04 Å². The van der Waals surface area contributed by atoms with Crippen molar-refractivity contribution < 1.29 is 9.47 Å². The van der Waals surface area contributed by atoms with E-state index in [0.29, 0.717) is 12.7 Å². The first-order valence-electron chi connectivity index (χ1n) is 7.30. The highest BCUT2D eigenvalue weighted by molar-refractivity contribution is 5.34. The molecule has 0 spiro atoms.